The van der Waals surface area contributed by atoms with Crippen LogP contribution in [0.2, 0.25) is 0 Å². The molecule has 76 valence electrons. The molecule has 0 aromatic rings. The van der Waals surface area contributed by atoms with Crippen molar-refractivity contribution in [1.29, 1.82) is 0 Å². The molecule has 6 nitrogen and oxygen atoms in total. The van der Waals surface area contributed by atoms with Gasteiger partial charge in [0.2, 0.25) is 0 Å². The maximum absolute atomic E-state index is 11.0. The molecule has 0 aliphatic rings. The van der Waals surface area contributed by atoms with Gasteiger partial charge in [-0.05, 0) is 13.3 Å². The summed E-state index contributed by atoms with van der Waals surface area (Å²) >= 11 is 0. The van der Waals surface area contributed by atoms with Gasteiger partial charge < -0.3 is 21.3 Å². The molecular formula is C7H14N2O4. The summed E-state index contributed by atoms with van der Waals surface area (Å²) in [6.45, 7) is 2.75. The third-order valence-corrected chi connectivity index (χ3v) is 1.50. The summed E-state index contributed by atoms with van der Waals surface area (Å²) in [4.78, 5) is 21.7. The van der Waals surface area contributed by atoms with Crippen molar-refractivity contribution >= 4 is 11.9 Å². The van der Waals surface area contributed by atoms with Crippen molar-refractivity contribution in [3.63, 3.8) is 0 Å². The first-order chi connectivity index (χ1) is 5.81. The Morgan fingerprint density at radius 3 is 2.31 bits per heavy atom. The van der Waals surface area contributed by atoms with Crippen LogP contribution in [0, 0.1) is 0 Å². The third kappa shape index (κ3) is 3.49. The first-order valence-electron chi connectivity index (χ1n) is 3.83. The number of esters is 2. The zero-order valence-electron chi connectivity index (χ0n) is 7.61. The summed E-state index contributed by atoms with van der Waals surface area (Å²) in [5.74, 6) is -2.10. The molecule has 0 bridgehead atoms. The van der Waals surface area contributed by atoms with Gasteiger partial charge >= 0.3 is 11.9 Å². The van der Waals surface area contributed by atoms with E-state index in [4.69, 9.17) is 16.6 Å². The van der Waals surface area contributed by atoms with E-state index in [0.29, 0.717) is 0 Å². The van der Waals surface area contributed by atoms with Crippen LogP contribution in [0.4, 0.5) is 0 Å². The summed E-state index contributed by atoms with van der Waals surface area (Å²) in [6.07, 6.45) is -1.23. The lowest BCUT2D eigenvalue weighted by atomic mass is 10.1. The molecule has 13 heavy (non-hydrogen) atoms. The molecule has 0 aliphatic heterocycles. The molecule has 6 heteroatoms. The Kier molecular flexibility index (Phi) is 3.99. The number of hydrogen-bond donors (Lipinski definition) is 3. The van der Waals surface area contributed by atoms with Gasteiger partial charge in [0.25, 0.3) is 0 Å². The van der Waals surface area contributed by atoms with Crippen LogP contribution in [0.3, 0.4) is 0 Å². The maximum Gasteiger partial charge on any atom is 0.348 e. The molecule has 5 N–H and O–H groups in total. The van der Waals surface area contributed by atoms with Gasteiger partial charge in [-0.2, -0.15) is 0 Å². The Balaban J connectivity index is 4.24. The van der Waals surface area contributed by atoms with Crippen LogP contribution in [0.1, 0.15) is 20.3 Å². The fourth-order valence-corrected chi connectivity index (χ4v) is 0.416. The van der Waals surface area contributed by atoms with E-state index in [1.165, 1.54) is 6.92 Å². The molecule has 1 atom stereocenters. The first-order valence-corrected chi connectivity index (χ1v) is 3.83. The fraction of sp³-hybridized carbons (Fsp3) is 0.714. The molecule has 0 amide bonds. The number of hydrogen-bond acceptors (Lipinski definition) is 6. The van der Waals surface area contributed by atoms with E-state index in [-0.39, 0.29) is 6.42 Å². The van der Waals surface area contributed by atoms with Crippen LogP contribution in [0.5, 0.6) is 0 Å². The van der Waals surface area contributed by atoms with E-state index in [1.54, 1.807) is 6.92 Å². The highest BCUT2D eigenvalue weighted by atomic mass is 16.6. The molecule has 0 heterocycles. The summed E-state index contributed by atoms with van der Waals surface area (Å²) < 4.78 is 4.19. The lowest BCUT2D eigenvalue weighted by Gasteiger charge is -2.19. The molecular weight excluding hydrogens is 176 g/mol. The third-order valence-electron chi connectivity index (χ3n) is 1.50. The highest BCUT2D eigenvalue weighted by Gasteiger charge is 2.31. The summed E-state index contributed by atoms with van der Waals surface area (Å²) in [5.41, 5.74) is 8.88. The lowest BCUT2D eigenvalue weighted by molar-refractivity contribution is -0.168. The van der Waals surface area contributed by atoms with Gasteiger partial charge in [-0.1, -0.05) is 6.92 Å². The molecule has 0 saturated heterocycles. The van der Waals surface area contributed by atoms with Gasteiger partial charge in [0.15, 0.2) is 5.66 Å². The van der Waals surface area contributed by atoms with Crippen LogP contribution in [0.15, 0.2) is 0 Å². The summed E-state index contributed by atoms with van der Waals surface area (Å²) in [7, 11) is 0. The molecule has 0 fully saturated rings. The fourth-order valence-electron chi connectivity index (χ4n) is 0.416. The first kappa shape index (κ1) is 12.0. The number of ether oxygens (including phenoxy) is 1. The predicted molar refractivity (Wildman–Crippen MR) is 44.2 cm³/mol. The summed E-state index contributed by atoms with van der Waals surface area (Å²) in [6, 6.07) is 0. The summed E-state index contributed by atoms with van der Waals surface area (Å²) in [5, 5.41) is 8.70. The average molecular weight is 190 g/mol. The largest absolute Gasteiger partial charge is 0.389 e. The van der Waals surface area contributed by atoms with Crippen molar-refractivity contribution in [2.75, 3.05) is 0 Å². The van der Waals surface area contributed by atoms with Crippen molar-refractivity contribution in [2.45, 2.75) is 32.0 Å². The molecule has 0 saturated carbocycles. The minimum atomic E-state index is -1.68. The quantitative estimate of drug-likeness (QED) is 0.282. The second-order valence-electron chi connectivity index (χ2n) is 2.78. The van der Waals surface area contributed by atoms with Gasteiger partial charge in [0, 0.05) is 0 Å². The predicted octanol–water partition coefficient (Wildman–Crippen LogP) is -1.54. The Morgan fingerprint density at radius 2 is 2.00 bits per heavy atom. The molecule has 0 rings (SSSR count). The standard InChI is InChI=1S/C7H14N2O4/c1-3-7(8,9)6(12)13-5(11)4(2)10/h4,10H,3,8-9H2,1-2H3. The number of carbonyl (C=O) groups is 2. The molecule has 0 aromatic carbocycles. The monoisotopic (exact) mass is 190 g/mol. The lowest BCUT2D eigenvalue weighted by Crippen LogP contribution is -2.57. The van der Waals surface area contributed by atoms with Crippen molar-refractivity contribution in [3.05, 3.63) is 0 Å². The van der Waals surface area contributed by atoms with Gasteiger partial charge in [-0.25, -0.2) is 9.59 Å². The van der Waals surface area contributed by atoms with Crippen molar-refractivity contribution in [2.24, 2.45) is 11.5 Å². The van der Waals surface area contributed by atoms with E-state index in [0.717, 1.165) is 0 Å². The van der Waals surface area contributed by atoms with E-state index >= 15 is 0 Å². The Hall–Kier alpha value is -0.980. The number of nitrogens with two attached hydrogens (primary N) is 2. The van der Waals surface area contributed by atoms with Crippen molar-refractivity contribution < 1.29 is 19.4 Å². The average Bonchev–Trinajstić information content (AvgIpc) is 2.04. The van der Waals surface area contributed by atoms with Crippen molar-refractivity contribution in [3.8, 4) is 0 Å². The normalized spacial score (nSPS) is 13.6. The van der Waals surface area contributed by atoms with Crippen LogP contribution < -0.4 is 11.5 Å². The number of carbonyl (C=O) groups excluding carboxylic acids is 2. The van der Waals surface area contributed by atoms with Gasteiger partial charge in [-0.15, -0.1) is 0 Å². The Labute approximate surface area is 75.8 Å². The van der Waals surface area contributed by atoms with Crippen molar-refractivity contribution in [1.82, 2.24) is 0 Å². The molecule has 0 aromatic heterocycles. The minimum absolute atomic E-state index is 0.138. The molecule has 1 unspecified atom stereocenters. The molecule has 0 radical (unpaired) electrons. The minimum Gasteiger partial charge on any atom is -0.389 e. The van der Waals surface area contributed by atoms with Gasteiger partial charge in [0.05, 0.1) is 0 Å². The van der Waals surface area contributed by atoms with Crippen LogP contribution >= 0.6 is 0 Å². The Bertz CT molecular complexity index is 213. The van der Waals surface area contributed by atoms with Gasteiger partial charge in [-0.3, -0.25) is 0 Å². The smallest absolute Gasteiger partial charge is 0.348 e. The topological polar surface area (TPSA) is 116 Å². The van der Waals surface area contributed by atoms with Crippen LogP contribution in [-0.4, -0.2) is 28.8 Å². The number of aliphatic hydroxyl groups is 1. The van der Waals surface area contributed by atoms with Gasteiger partial charge in [0.1, 0.15) is 6.10 Å². The SMILES string of the molecule is CCC(N)(N)C(=O)OC(=O)C(C)O. The van der Waals surface area contributed by atoms with E-state index < -0.39 is 23.7 Å². The van der Waals surface area contributed by atoms with Crippen LogP contribution in [-0.2, 0) is 14.3 Å². The Morgan fingerprint density at radius 1 is 1.54 bits per heavy atom. The number of rotatable bonds is 3. The maximum atomic E-state index is 11.0. The zero-order chi connectivity index (χ0) is 10.6. The van der Waals surface area contributed by atoms with E-state index in [1.807, 2.05) is 0 Å². The second-order valence-corrected chi connectivity index (χ2v) is 2.78. The highest BCUT2D eigenvalue weighted by Crippen LogP contribution is 2.01. The molecule has 0 aliphatic carbocycles. The van der Waals surface area contributed by atoms with Crippen LogP contribution in [0.25, 0.3) is 0 Å². The second kappa shape index (κ2) is 4.31. The highest BCUT2D eigenvalue weighted by molar-refractivity contribution is 5.91. The molecule has 0 spiro atoms. The number of aliphatic hydroxyl groups excluding tert-OH is 1. The van der Waals surface area contributed by atoms with E-state index in [9.17, 15) is 9.59 Å². The zero-order valence-corrected chi connectivity index (χ0v) is 7.61. The van der Waals surface area contributed by atoms with E-state index in [2.05, 4.69) is 4.74 Å².